The van der Waals surface area contributed by atoms with Crippen molar-refractivity contribution in [1.82, 2.24) is 4.90 Å². The topological polar surface area (TPSA) is 142 Å². The summed E-state index contributed by atoms with van der Waals surface area (Å²) in [6.45, 7) is -0.308. The number of rotatable bonds is 5. The van der Waals surface area contributed by atoms with Crippen LogP contribution in [0.3, 0.4) is 0 Å². The van der Waals surface area contributed by atoms with Crippen LogP contribution in [0, 0.1) is 28.4 Å². The average molecular weight is 436 g/mol. The molecule has 0 bridgehead atoms. The lowest BCUT2D eigenvalue weighted by molar-refractivity contribution is -0.142. The number of hydrogen-bond donors (Lipinski definition) is 2. The summed E-state index contributed by atoms with van der Waals surface area (Å²) < 4.78 is 52.5. The van der Waals surface area contributed by atoms with E-state index in [1.807, 2.05) is 0 Å². The van der Waals surface area contributed by atoms with E-state index in [1.54, 1.807) is 6.07 Å². The van der Waals surface area contributed by atoms with Crippen molar-refractivity contribution in [3.63, 3.8) is 0 Å². The number of benzene rings is 1. The average Bonchev–Trinajstić information content (AvgIpc) is 3.15. The van der Waals surface area contributed by atoms with Crippen molar-refractivity contribution < 1.29 is 31.9 Å². The molecule has 2 fully saturated rings. The number of carbonyl (C=O) groups excluding carboxylic acids is 1. The molecule has 0 spiro atoms. The highest BCUT2D eigenvalue weighted by Crippen LogP contribution is 2.51. The van der Waals surface area contributed by atoms with Crippen molar-refractivity contribution in [3.8, 4) is 6.07 Å². The van der Waals surface area contributed by atoms with Gasteiger partial charge in [0.1, 0.15) is 22.6 Å². The Bertz CT molecular complexity index is 983. The molecule has 4 atom stereocenters. The standard InChI is InChI=1S/C16H15F2N3O5S.ClH/c17-8-1-2-12(10(18)3-8)27(25,26)9-4-11(14(22)23)21(6-9)13-5-16(13,7-19)15(20)24;/h1-3,9,11,13H,4-6H2,(H2,20,24)(H,22,23);1H/t9-,11+,13?,16?;/m1./s1. The highest BCUT2D eigenvalue weighted by molar-refractivity contribution is 7.92. The number of sulfone groups is 1. The molecule has 0 radical (unpaired) electrons. The fourth-order valence-corrected chi connectivity index (χ4v) is 5.36. The zero-order chi connectivity index (χ0) is 20.1. The van der Waals surface area contributed by atoms with E-state index in [0.717, 1.165) is 12.1 Å². The number of likely N-dealkylation sites (tertiary alicyclic amines) is 1. The maximum Gasteiger partial charge on any atom is 0.320 e. The van der Waals surface area contributed by atoms with Gasteiger partial charge < -0.3 is 10.8 Å². The van der Waals surface area contributed by atoms with Crippen LogP contribution < -0.4 is 5.73 Å². The number of nitrogens with two attached hydrogens (primary N) is 1. The Morgan fingerprint density at radius 1 is 1.36 bits per heavy atom. The quantitative estimate of drug-likeness (QED) is 0.639. The van der Waals surface area contributed by atoms with E-state index in [2.05, 4.69) is 0 Å². The van der Waals surface area contributed by atoms with Crippen molar-refractivity contribution in [2.45, 2.75) is 35.1 Å². The van der Waals surface area contributed by atoms with Gasteiger partial charge in [0.2, 0.25) is 5.91 Å². The van der Waals surface area contributed by atoms with Crippen molar-refractivity contribution in [1.29, 1.82) is 5.26 Å². The summed E-state index contributed by atoms with van der Waals surface area (Å²) in [4.78, 5) is 23.7. The molecule has 2 aliphatic rings. The number of nitriles is 1. The molecule has 12 heteroatoms. The largest absolute Gasteiger partial charge is 0.480 e. The number of hydrogen-bond acceptors (Lipinski definition) is 6. The fourth-order valence-electron chi connectivity index (χ4n) is 3.61. The molecule has 1 aromatic carbocycles. The molecule has 1 saturated heterocycles. The van der Waals surface area contributed by atoms with Crippen LogP contribution in [-0.2, 0) is 19.4 Å². The van der Waals surface area contributed by atoms with Crippen LogP contribution in [0.4, 0.5) is 8.78 Å². The van der Waals surface area contributed by atoms with Gasteiger partial charge in [-0.25, -0.2) is 17.2 Å². The molecule has 1 aliphatic heterocycles. The van der Waals surface area contributed by atoms with Gasteiger partial charge in [0, 0.05) is 18.7 Å². The molecular weight excluding hydrogens is 420 g/mol. The van der Waals surface area contributed by atoms with Gasteiger partial charge >= 0.3 is 5.97 Å². The van der Waals surface area contributed by atoms with Crippen LogP contribution in [0.15, 0.2) is 23.1 Å². The first-order valence-corrected chi connectivity index (χ1v) is 9.48. The molecular formula is C16H16ClF2N3O5S. The first-order valence-electron chi connectivity index (χ1n) is 7.93. The Morgan fingerprint density at radius 3 is 2.46 bits per heavy atom. The van der Waals surface area contributed by atoms with E-state index in [0.29, 0.717) is 6.07 Å². The van der Waals surface area contributed by atoms with Crippen LogP contribution in [0.25, 0.3) is 0 Å². The number of aliphatic carboxylic acids is 1. The maximum absolute atomic E-state index is 14.0. The molecule has 152 valence electrons. The van der Waals surface area contributed by atoms with Gasteiger partial charge in [-0.05, 0) is 25.0 Å². The van der Waals surface area contributed by atoms with Crippen LogP contribution in [0.1, 0.15) is 12.8 Å². The zero-order valence-electron chi connectivity index (χ0n) is 14.2. The van der Waals surface area contributed by atoms with Gasteiger partial charge in [-0.1, -0.05) is 0 Å². The summed E-state index contributed by atoms with van der Waals surface area (Å²) in [5, 5.41) is 17.4. The SMILES string of the molecule is Cl.N#CC1(C(N)=O)CC1N1C[C@H](S(=O)(=O)c2ccc(F)cc2F)C[C@H]1C(=O)O. The summed E-state index contributed by atoms with van der Waals surface area (Å²) in [7, 11) is -4.30. The Hall–Kier alpha value is -2.29. The smallest absolute Gasteiger partial charge is 0.320 e. The summed E-state index contributed by atoms with van der Waals surface area (Å²) in [6.07, 6.45) is -0.356. The van der Waals surface area contributed by atoms with E-state index in [-0.39, 0.29) is 31.8 Å². The number of amides is 1. The van der Waals surface area contributed by atoms with Crippen molar-refractivity contribution in [3.05, 3.63) is 29.8 Å². The Labute approximate surface area is 165 Å². The molecule has 1 heterocycles. The van der Waals surface area contributed by atoms with Gasteiger partial charge in [-0.3, -0.25) is 14.5 Å². The highest BCUT2D eigenvalue weighted by atomic mass is 35.5. The molecule has 1 aromatic rings. The third kappa shape index (κ3) is 3.32. The van der Waals surface area contributed by atoms with Crippen LogP contribution in [-0.4, -0.2) is 54.2 Å². The molecule has 1 amide bonds. The third-order valence-corrected chi connectivity index (χ3v) is 7.35. The van der Waals surface area contributed by atoms with Gasteiger partial charge in [0.25, 0.3) is 0 Å². The minimum absolute atomic E-state index is 0. The first kappa shape index (κ1) is 22.0. The summed E-state index contributed by atoms with van der Waals surface area (Å²) in [5.41, 5.74) is 3.67. The lowest BCUT2D eigenvalue weighted by atomic mass is 10.1. The second-order valence-corrected chi connectivity index (χ2v) is 8.89. The van der Waals surface area contributed by atoms with Gasteiger partial charge in [0.15, 0.2) is 15.3 Å². The van der Waals surface area contributed by atoms with Gasteiger partial charge in [-0.15, -0.1) is 12.4 Å². The van der Waals surface area contributed by atoms with E-state index in [1.165, 1.54) is 4.90 Å². The Morgan fingerprint density at radius 2 is 2.00 bits per heavy atom. The number of halogens is 3. The molecule has 0 aromatic heterocycles. The lowest BCUT2D eigenvalue weighted by Crippen LogP contribution is -2.42. The fraction of sp³-hybridized carbons (Fsp3) is 0.438. The number of carboxylic acid groups (broad SMARTS) is 1. The summed E-state index contributed by atoms with van der Waals surface area (Å²) >= 11 is 0. The van der Waals surface area contributed by atoms with E-state index < -0.39 is 61.0 Å². The molecule has 8 nitrogen and oxygen atoms in total. The van der Waals surface area contributed by atoms with Crippen LogP contribution in [0.2, 0.25) is 0 Å². The Kier molecular flexibility index (Phi) is 5.71. The van der Waals surface area contributed by atoms with Crippen LogP contribution >= 0.6 is 12.4 Å². The molecule has 28 heavy (non-hydrogen) atoms. The normalized spacial score (nSPS) is 29.5. The maximum atomic E-state index is 14.0. The predicted octanol–water partition coefficient (Wildman–Crippen LogP) is 0.455. The molecule has 1 aliphatic carbocycles. The van der Waals surface area contributed by atoms with E-state index in [4.69, 9.17) is 5.73 Å². The highest BCUT2D eigenvalue weighted by Gasteiger charge is 2.66. The zero-order valence-corrected chi connectivity index (χ0v) is 15.8. The lowest BCUT2D eigenvalue weighted by Gasteiger charge is -2.22. The van der Waals surface area contributed by atoms with Crippen molar-refractivity contribution in [2.24, 2.45) is 11.1 Å². The minimum Gasteiger partial charge on any atom is -0.480 e. The summed E-state index contributed by atoms with van der Waals surface area (Å²) in [6, 6.07) is 1.71. The first-order chi connectivity index (χ1) is 12.5. The van der Waals surface area contributed by atoms with Crippen molar-refractivity contribution >= 4 is 34.1 Å². The number of carboxylic acids is 1. The molecule has 2 unspecified atom stereocenters. The number of carbonyl (C=O) groups is 2. The van der Waals surface area contributed by atoms with Gasteiger partial charge in [0.05, 0.1) is 11.3 Å². The molecule has 1 saturated carbocycles. The third-order valence-electron chi connectivity index (χ3n) is 5.19. The van der Waals surface area contributed by atoms with E-state index in [9.17, 15) is 37.2 Å². The molecule has 3 N–H and O–H groups in total. The number of primary amides is 1. The minimum atomic E-state index is -4.30. The van der Waals surface area contributed by atoms with Crippen molar-refractivity contribution in [2.75, 3.05) is 6.54 Å². The Balaban J connectivity index is 0.00000280. The van der Waals surface area contributed by atoms with Crippen LogP contribution in [0.5, 0.6) is 0 Å². The van der Waals surface area contributed by atoms with E-state index >= 15 is 0 Å². The second-order valence-electron chi connectivity index (χ2n) is 6.70. The molecule has 3 rings (SSSR count). The monoisotopic (exact) mass is 435 g/mol. The number of nitrogens with zero attached hydrogens (tertiary/aromatic N) is 2. The van der Waals surface area contributed by atoms with Gasteiger partial charge in [-0.2, -0.15) is 5.26 Å². The summed E-state index contributed by atoms with van der Waals surface area (Å²) in [5.74, 6) is -4.44. The second kappa shape index (κ2) is 7.27. The predicted molar refractivity (Wildman–Crippen MR) is 93.0 cm³/mol.